The second-order valence-electron chi connectivity index (χ2n) is 3.99. The number of hydrogen-bond acceptors (Lipinski definition) is 5. The summed E-state index contributed by atoms with van der Waals surface area (Å²) < 4.78 is 11.0. The Bertz CT molecular complexity index is 432. The predicted molar refractivity (Wildman–Crippen MR) is 59.9 cm³/mol. The van der Waals surface area contributed by atoms with Crippen molar-refractivity contribution in [3.8, 4) is 5.88 Å². The molecule has 1 aliphatic rings. The van der Waals surface area contributed by atoms with E-state index in [1.54, 1.807) is 0 Å². The van der Waals surface area contributed by atoms with Gasteiger partial charge in [-0.1, -0.05) is 0 Å². The molecule has 94 valence electrons. The fourth-order valence-electron chi connectivity index (χ4n) is 2.09. The molecule has 0 atom stereocenters. The molecule has 0 radical (unpaired) electrons. The summed E-state index contributed by atoms with van der Waals surface area (Å²) >= 11 is 0. The highest BCUT2D eigenvalue weighted by molar-refractivity contribution is 5.12. The van der Waals surface area contributed by atoms with Gasteiger partial charge in [0, 0.05) is 32.7 Å². The molecule has 1 fully saturated rings. The van der Waals surface area contributed by atoms with Crippen LogP contribution in [0.4, 0.5) is 0 Å². The van der Waals surface area contributed by atoms with E-state index in [1.807, 2.05) is 6.92 Å². The zero-order chi connectivity index (χ0) is 12.3. The van der Waals surface area contributed by atoms with Crippen LogP contribution in [-0.2, 0) is 15.1 Å². The summed E-state index contributed by atoms with van der Waals surface area (Å²) in [4.78, 5) is 18.0. The van der Waals surface area contributed by atoms with Crippen molar-refractivity contribution in [1.82, 2.24) is 9.97 Å². The Morgan fingerprint density at radius 2 is 2.29 bits per heavy atom. The lowest BCUT2D eigenvalue weighted by atomic mass is 9.93. The van der Waals surface area contributed by atoms with Crippen molar-refractivity contribution >= 4 is 0 Å². The molecule has 2 heterocycles. The summed E-state index contributed by atoms with van der Waals surface area (Å²) in [6, 6.07) is 1.04. The number of rotatable bonds is 3. The zero-order valence-corrected chi connectivity index (χ0v) is 9.73. The number of hydrogen-bond donors (Lipinski definition) is 2. The van der Waals surface area contributed by atoms with Gasteiger partial charge in [-0.25, -0.2) is 0 Å². The SMILES string of the molecule is CCOC1(c2nc(O)cc(=O)[nH]2)CCOCC1. The Kier molecular flexibility index (Phi) is 3.44. The second-order valence-corrected chi connectivity index (χ2v) is 3.99. The van der Waals surface area contributed by atoms with Crippen molar-refractivity contribution in [2.45, 2.75) is 25.4 Å². The van der Waals surface area contributed by atoms with E-state index >= 15 is 0 Å². The fraction of sp³-hybridized carbons (Fsp3) is 0.636. The first kappa shape index (κ1) is 12.1. The van der Waals surface area contributed by atoms with Gasteiger partial charge in [0.1, 0.15) is 11.4 Å². The monoisotopic (exact) mass is 240 g/mol. The van der Waals surface area contributed by atoms with Gasteiger partial charge in [0.15, 0.2) is 0 Å². The minimum Gasteiger partial charge on any atom is -0.493 e. The summed E-state index contributed by atoms with van der Waals surface area (Å²) in [5.74, 6) is 0.0990. The van der Waals surface area contributed by atoms with E-state index in [0.29, 0.717) is 38.5 Å². The Hall–Kier alpha value is -1.40. The van der Waals surface area contributed by atoms with Crippen LogP contribution in [0.25, 0.3) is 0 Å². The molecule has 17 heavy (non-hydrogen) atoms. The standard InChI is InChI=1S/C11H16N2O4/c1-2-17-11(3-5-16-6-4-11)10-12-8(14)7-9(15)13-10/h7H,2-6H2,1H3,(H2,12,13,14,15). The van der Waals surface area contributed by atoms with Crippen LogP contribution in [0, 0.1) is 0 Å². The van der Waals surface area contributed by atoms with Gasteiger partial charge in [-0.15, -0.1) is 0 Å². The first-order chi connectivity index (χ1) is 8.16. The summed E-state index contributed by atoms with van der Waals surface area (Å²) in [6.07, 6.45) is 1.24. The largest absolute Gasteiger partial charge is 0.493 e. The first-order valence-electron chi connectivity index (χ1n) is 5.69. The third kappa shape index (κ3) is 2.48. The quantitative estimate of drug-likeness (QED) is 0.804. The molecule has 2 rings (SSSR count). The van der Waals surface area contributed by atoms with E-state index in [2.05, 4.69) is 9.97 Å². The molecule has 6 heteroatoms. The zero-order valence-electron chi connectivity index (χ0n) is 9.73. The normalized spacial score (nSPS) is 19.1. The van der Waals surface area contributed by atoms with Crippen LogP contribution < -0.4 is 5.56 Å². The second kappa shape index (κ2) is 4.85. The van der Waals surface area contributed by atoms with Gasteiger partial charge in [0.2, 0.25) is 5.88 Å². The maximum Gasteiger partial charge on any atom is 0.254 e. The van der Waals surface area contributed by atoms with E-state index in [1.165, 1.54) is 0 Å². The highest BCUT2D eigenvalue weighted by Gasteiger charge is 2.38. The Morgan fingerprint density at radius 3 is 2.88 bits per heavy atom. The molecular weight excluding hydrogens is 224 g/mol. The van der Waals surface area contributed by atoms with Crippen LogP contribution in [0.1, 0.15) is 25.6 Å². The number of aromatic amines is 1. The highest BCUT2D eigenvalue weighted by Crippen LogP contribution is 2.33. The number of nitrogens with one attached hydrogen (secondary N) is 1. The van der Waals surface area contributed by atoms with Crippen LogP contribution in [0.5, 0.6) is 5.88 Å². The molecule has 1 saturated heterocycles. The van der Waals surface area contributed by atoms with Crippen molar-refractivity contribution < 1.29 is 14.6 Å². The van der Waals surface area contributed by atoms with Crippen molar-refractivity contribution in [1.29, 1.82) is 0 Å². The van der Waals surface area contributed by atoms with Crippen LogP contribution in [-0.4, -0.2) is 34.9 Å². The van der Waals surface area contributed by atoms with Crippen LogP contribution in [0.2, 0.25) is 0 Å². The summed E-state index contributed by atoms with van der Waals surface area (Å²) in [5, 5.41) is 9.39. The molecule has 6 nitrogen and oxygen atoms in total. The van der Waals surface area contributed by atoms with E-state index < -0.39 is 5.60 Å². The third-order valence-electron chi connectivity index (χ3n) is 2.88. The number of aromatic hydroxyl groups is 1. The van der Waals surface area contributed by atoms with E-state index in [4.69, 9.17) is 9.47 Å². The van der Waals surface area contributed by atoms with Gasteiger partial charge in [-0.05, 0) is 6.92 Å². The molecular formula is C11H16N2O4. The first-order valence-corrected chi connectivity index (χ1v) is 5.69. The smallest absolute Gasteiger partial charge is 0.254 e. The minimum atomic E-state index is -0.648. The van der Waals surface area contributed by atoms with Crippen molar-refractivity contribution in [2.24, 2.45) is 0 Å². The molecule has 0 aliphatic carbocycles. The van der Waals surface area contributed by atoms with Gasteiger partial charge in [0.25, 0.3) is 5.56 Å². The van der Waals surface area contributed by atoms with Crippen LogP contribution in [0.3, 0.4) is 0 Å². The van der Waals surface area contributed by atoms with Gasteiger partial charge < -0.3 is 19.6 Å². The molecule has 0 aromatic carbocycles. The highest BCUT2D eigenvalue weighted by atomic mass is 16.5. The molecule has 1 aromatic heterocycles. The van der Waals surface area contributed by atoms with E-state index in [0.717, 1.165) is 6.07 Å². The summed E-state index contributed by atoms with van der Waals surface area (Å²) in [5.41, 5.74) is -1.02. The molecule has 0 amide bonds. The Labute approximate surface area is 98.6 Å². The molecule has 0 saturated carbocycles. The van der Waals surface area contributed by atoms with E-state index in [-0.39, 0.29) is 11.4 Å². The summed E-state index contributed by atoms with van der Waals surface area (Å²) in [7, 11) is 0. The van der Waals surface area contributed by atoms with E-state index in [9.17, 15) is 9.90 Å². The maximum absolute atomic E-state index is 11.4. The fourth-order valence-corrected chi connectivity index (χ4v) is 2.09. The Balaban J connectivity index is 2.40. The molecule has 1 aliphatic heterocycles. The average molecular weight is 240 g/mol. The predicted octanol–water partition coefficient (Wildman–Crippen LogP) is 0.518. The maximum atomic E-state index is 11.4. The van der Waals surface area contributed by atoms with Gasteiger partial charge in [0.05, 0.1) is 6.07 Å². The summed E-state index contributed by atoms with van der Waals surface area (Å²) in [6.45, 7) is 3.51. The van der Waals surface area contributed by atoms with Gasteiger partial charge in [-0.3, -0.25) is 4.79 Å². The number of aromatic nitrogens is 2. The van der Waals surface area contributed by atoms with Gasteiger partial charge >= 0.3 is 0 Å². The number of ether oxygens (including phenoxy) is 2. The molecule has 0 bridgehead atoms. The van der Waals surface area contributed by atoms with Crippen molar-refractivity contribution in [2.75, 3.05) is 19.8 Å². The molecule has 2 N–H and O–H groups in total. The third-order valence-corrected chi connectivity index (χ3v) is 2.88. The lowest BCUT2D eigenvalue weighted by Crippen LogP contribution is -2.39. The molecule has 0 spiro atoms. The number of nitrogens with zero attached hydrogens (tertiary/aromatic N) is 1. The van der Waals surface area contributed by atoms with Crippen molar-refractivity contribution in [3.63, 3.8) is 0 Å². The van der Waals surface area contributed by atoms with Crippen LogP contribution >= 0.6 is 0 Å². The molecule has 0 unspecified atom stereocenters. The topological polar surface area (TPSA) is 84.4 Å². The lowest BCUT2D eigenvalue weighted by molar-refractivity contribution is -0.118. The average Bonchev–Trinajstić information content (AvgIpc) is 2.29. The Morgan fingerprint density at radius 1 is 1.59 bits per heavy atom. The number of H-pyrrole nitrogens is 1. The van der Waals surface area contributed by atoms with Crippen LogP contribution in [0.15, 0.2) is 10.9 Å². The molecule has 1 aromatic rings. The minimum absolute atomic E-state index is 0.283. The lowest BCUT2D eigenvalue weighted by Gasteiger charge is -2.35. The van der Waals surface area contributed by atoms with Crippen molar-refractivity contribution in [3.05, 3.63) is 22.2 Å². The van der Waals surface area contributed by atoms with Gasteiger partial charge in [-0.2, -0.15) is 4.98 Å².